The Morgan fingerprint density at radius 3 is 2.35 bits per heavy atom. The predicted octanol–water partition coefficient (Wildman–Crippen LogP) is 1.53. The Morgan fingerprint density at radius 1 is 1.19 bits per heavy atom. The van der Waals surface area contributed by atoms with Crippen molar-refractivity contribution in [3.63, 3.8) is 0 Å². The molecule has 1 aliphatic rings. The van der Waals surface area contributed by atoms with Crippen molar-refractivity contribution in [2.24, 2.45) is 23.7 Å². The van der Waals surface area contributed by atoms with Crippen LogP contribution in [-0.4, -0.2) is 49.7 Å². The van der Waals surface area contributed by atoms with Crippen molar-refractivity contribution in [1.82, 2.24) is 10.2 Å². The number of carbonyl (C=O) groups is 4. The quantitative estimate of drug-likeness (QED) is 0.493. The minimum atomic E-state index is -0.420. The smallest absolute Gasteiger partial charge is 0.309 e. The SMILES string of the molecule is COC(=O)[C@@H]1CCCC1C(=O)C(C)/C=C(\C(C)C)N(C)C(=O)CNC=O. The van der Waals surface area contributed by atoms with Gasteiger partial charge in [0.25, 0.3) is 0 Å². The number of methoxy groups -OCH3 is 1. The first-order chi connectivity index (χ1) is 12.2. The topological polar surface area (TPSA) is 92.8 Å². The first-order valence-electron chi connectivity index (χ1n) is 9.01. The molecule has 1 N–H and O–H groups in total. The lowest BCUT2D eigenvalue weighted by Crippen LogP contribution is -2.36. The molecule has 146 valence electrons. The second-order valence-corrected chi connectivity index (χ2v) is 7.06. The van der Waals surface area contributed by atoms with Gasteiger partial charge in [0.2, 0.25) is 12.3 Å². The summed E-state index contributed by atoms with van der Waals surface area (Å²) in [6.07, 6.45) is 4.46. The van der Waals surface area contributed by atoms with E-state index in [1.54, 1.807) is 20.0 Å². The molecule has 0 aromatic heterocycles. The number of likely N-dealkylation sites (N-methyl/N-ethyl adjacent to an activating group) is 1. The summed E-state index contributed by atoms with van der Waals surface area (Å²) in [5.74, 6) is -1.68. The zero-order valence-electron chi connectivity index (χ0n) is 16.3. The molecule has 1 aliphatic carbocycles. The molecular formula is C19H30N2O5. The summed E-state index contributed by atoms with van der Waals surface area (Å²) in [6.45, 7) is 5.57. The van der Waals surface area contributed by atoms with Gasteiger partial charge in [-0.2, -0.15) is 0 Å². The Bertz CT molecular complexity index is 570. The summed E-state index contributed by atoms with van der Waals surface area (Å²) < 4.78 is 4.83. The van der Waals surface area contributed by atoms with Crippen LogP contribution in [0.15, 0.2) is 11.8 Å². The molecule has 2 unspecified atom stereocenters. The van der Waals surface area contributed by atoms with Crippen molar-refractivity contribution in [2.75, 3.05) is 20.7 Å². The third-order valence-corrected chi connectivity index (χ3v) is 4.94. The Hall–Kier alpha value is -2.18. The number of nitrogens with zero attached hydrogens (tertiary/aromatic N) is 1. The number of ketones is 1. The number of carbonyl (C=O) groups excluding carboxylic acids is 4. The summed E-state index contributed by atoms with van der Waals surface area (Å²) in [4.78, 5) is 48.8. The molecule has 3 atom stereocenters. The average molecular weight is 366 g/mol. The van der Waals surface area contributed by atoms with Crippen LogP contribution in [0.2, 0.25) is 0 Å². The zero-order chi connectivity index (χ0) is 19.9. The van der Waals surface area contributed by atoms with Gasteiger partial charge < -0.3 is 15.0 Å². The lowest BCUT2D eigenvalue weighted by molar-refractivity contribution is -0.149. The largest absolute Gasteiger partial charge is 0.469 e. The zero-order valence-corrected chi connectivity index (χ0v) is 16.3. The number of esters is 1. The second kappa shape index (κ2) is 10.1. The molecule has 0 aromatic carbocycles. The maximum Gasteiger partial charge on any atom is 0.309 e. The maximum absolute atomic E-state index is 12.9. The van der Waals surface area contributed by atoms with Crippen LogP contribution in [-0.2, 0) is 23.9 Å². The van der Waals surface area contributed by atoms with E-state index >= 15 is 0 Å². The first-order valence-corrected chi connectivity index (χ1v) is 9.01. The van der Waals surface area contributed by atoms with Crippen LogP contribution in [0.3, 0.4) is 0 Å². The lowest BCUT2D eigenvalue weighted by atomic mass is 9.85. The lowest BCUT2D eigenvalue weighted by Gasteiger charge is -2.26. The molecule has 0 aromatic rings. The number of nitrogens with one attached hydrogen (secondary N) is 1. The minimum Gasteiger partial charge on any atom is -0.469 e. The Balaban J connectivity index is 2.94. The Labute approximate surface area is 155 Å². The molecule has 7 nitrogen and oxygen atoms in total. The van der Waals surface area contributed by atoms with E-state index in [9.17, 15) is 19.2 Å². The standard InChI is InChI=1S/C19H30N2O5/c1-12(2)16(21(4)17(23)10-20-11-22)9-13(3)18(24)14-7-6-8-15(14)19(25)26-5/h9,11-15H,6-8,10H2,1-5H3,(H,20,22)/b16-9+/t13?,14?,15-/m1/s1. The molecular weight excluding hydrogens is 336 g/mol. The summed E-state index contributed by atoms with van der Waals surface area (Å²) in [6, 6.07) is 0. The summed E-state index contributed by atoms with van der Waals surface area (Å²) in [7, 11) is 2.97. The van der Waals surface area contributed by atoms with Crippen molar-refractivity contribution in [1.29, 1.82) is 0 Å². The Kier molecular flexibility index (Phi) is 8.48. The number of rotatable bonds is 9. The molecule has 0 saturated heterocycles. The fraction of sp³-hybridized carbons (Fsp3) is 0.684. The molecule has 7 heteroatoms. The van der Waals surface area contributed by atoms with Gasteiger partial charge in [-0.15, -0.1) is 0 Å². The van der Waals surface area contributed by atoms with E-state index in [4.69, 9.17) is 4.74 Å². The van der Waals surface area contributed by atoms with Crippen molar-refractivity contribution in [2.45, 2.75) is 40.0 Å². The number of Topliss-reactive ketones (excluding diaryl/α,β-unsaturated/α-hetero) is 1. The van der Waals surface area contributed by atoms with Gasteiger partial charge in [-0.1, -0.05) is 33.3 Å². The third kappa shape index (κ3) is 5.41. The van der Waals surface area contributed by atoms with Gasteiger partial charge in [0.15, 0.2) is 0 Å². The third-order valence-electron chi connectivity index (χ3n) is 4.94. The van der Waals surface area contributed by atoms with E-state index in [0.717, 1.165) is 12.1 Å². The molecule has 1 rings (SSSR count). The van der Waals surface area contributed by atoms with E-state index in [-0.39, 0.29) is 42.0 Å². The van der Waals surface area contributed by atoms with Gasteiger partial charge in [0.05, 0.1) is 19.6 Å². The fourth-order valence-corrected chi connectivity index (χ4v) is 3.49. The van der Waals surface area contributed by atoms with E-state index < -0.39 is 5.92 Å². The number of ether oxygens (including phenoxy) is 1. The highest BCUT2D eigenvalue weighted by atomic mass is 16.5. The molecule has 0 bridgehead atoms. The fourth-order valence-electron chi connectivity index (χ4n) is 3.49. The monoisotopic (exact) mass is 366 g/mol. The number of hydrogen-bond donors (Lipinski definition) is 1. The van der Waals surface area contributed by atoms with Crippen molar-refractivity contribution in [3.05, 3.63) is 11.8 Å². The van der Waals surface area contributed by atoms with Crippen LogP contribution in [0.1, 0.15) is 40.0 Å². The van der Waals surface area contributed by atoms with Crippen LogP contribution in [0, 0.1) is 23.7 Å². The van der Waals surface area contributed by atoms with Crippen molar-refractivity contribution in [3.8, 4) is 0 Å². The van der Waals surface area contributed by atoms with Crippen molar-refractivity contribution >= 4 is 24.1 Å². The average Bonchev–Trinajstić information content (AvgIpc) is 3.11. The van der Waals surface area contributed by atoms with E-state index in [1.807, 2.05) is 13.8 Å². The highest BCUT2D eigenvalue weighted by Crippen LogP contribution is 2.35. The van der Waals surface area contributed by atoms with Crippen LogP contribution in [0.25, 0.3) is 0 Å². The van der Waals surface area contributed by atoms with E-state index in [2.05, 4.69) is 5.32 Å². The number of amides is 2. The second-order valence-electron chi connectivity index (χ2n) is 7.06. The van der Waals surface area contributed by atoms with Gasteiger partial charge in [0, 0.05) is 24.6 Å². The van der Waals surface area contributed by atoms with Gasteiger partial charge in [-0.25, -0.2) is 0 Å². The van der Waals surface area contributed by atoms with Crippen LogP contribution < -0.4 is 5.32 Å². The molecule has 1 saturated carbocycles. The van der Waals surface area contributed by atoms with E-state index in [0.29, 0.717) is 19.3 Å². The summed E-state index contributed by atoms with van der Waals surface area (Å²) in [5.41, 5.74) is 0.719. The highest BCUT2D eigenvalue weighted by molar-refractivity contribution is 5.90. The van der Waals surface area contributed by atoms with Gasteiger partial charge in [-0.05, 0) is 18.8 Å². The number of allylic oxidation sites excluding steroid dienone is 2. The van der Waals surface area contributed by atoms with E-state index in [1.165, 1.54) is 12.0 Å². The van der Waals surface area contributed by atoms with Gasteiger partial charge in [0.1, 0.15) is 5.78 Å². The molecule has 0 radical (unpaired) electrons. The maximum atomic E-state index is 12.9. The van der Waals surface area contributed by atoms with Crippen LogP contribution in [0.4, 0.5) is 0 Å². The van der Waals surface area contributed by atoms with Crippen LogP contribution >= 0.6 is 0 Å². The highest BCUT2D eigenvalue weighted by Gasteiger charge is 2.39. The molecule has 26 heavy (non-hydrogen) atoms. The summed E-state index contributed by atoms with van der Waals surface area (Å²) >= 11 is 0. The normalized spacial score (nSPS) is 21.2. The molecule has 1 fully saturated rings. The van der Waals surface area contributed by atoms with Gasteiger partial charge in [-0.3, -0.25) is 19.2 Å². The van der Waals surface area contributed by atoms with Crippen LogP contribution in [0.5, 0.6) is 0 Å². The Morgan fingerprint density at radius 2 is 1.81 bits per heavy atom. The van der Waals surface area contributed by atoms with Gasteiger partial charge >= 0.3 is 5.97 Å². The molecule has 0 heterocycles. The first kappa shape index (κ1) is 21.9. The molecule has 0 spiro atoms. The number of hydrogen-bond acceptors (Lipinski definition) is 5. The molecule has 0 aliphatic heterocycles. The minimum absolute atomic E-state index is 0.00270. The van der Waals surface area contributed by atoms with Crippen molar-refractivity contribution < 1.29 is 23.9 Å². The predicted molar refractivity (Wildman–Crippen MR) is 96.8 cm³/mol. The summed E-state index contributed by atoms with van der Waals surface area (Å²) in [5, 5.41) is 2.35. The molecule has 2 amide bonds.